The van der Waals surface area contributed by atoms with Crippen LogP contribution >= 0.6 is 23.2 Å². The first-order valence-electron chi connectivity index (χ1n) is 9.15. The van der Waals surface area contributed by atoms with Crippen molar-refractivity contribution in [1.29, 1.82) is 0 Å². The zero-order chi connectivity index (χ0) is 22.3. The fraction of sp³-hybridized carbons (Fsp3) is 0.0952. The van der Waals surface area contributed by atoms with Crippen LogP contribution in [0.3, 0.4) is 0 Å². The lowest BCUT2D eigenvalue weighted by Gasteiger charge is -2.15. The molecule has 0 spiro atoms. The summed E-state index contributed by atoms with van der Waals surface area (Å²) in [5, 5.41) is 14.7. The quantitative estimate of drug-likeness (QED) is 0.440. The summed E-state index contributed by atoms with van der Waals surface area (Å²) in [5.41, 5.74) is 5.21. The van der Waals surface area contributed by atoms with Crippen LogP contribution in [0.5, 0.6) is 0 Å². The Balaban J connectivity index is 1.70. The highest BCUT2D eigenvalue weighted by atomic mass is 35.5. The first-order valence-corrected chi connectivity index (χ1v) is 9.90. The molecule has 0 aliphatic carbocycles. The average molecular weight is 459 g/mol. The van der Waals surface area contributed by atoms with Crippen LogP contribution in [0, 0.1) is 0 Å². The third kappa shape index (κ3) is 4.00. The van der Waals surface area contributed by atoms with Gasteiger partial charge in [-0.1, -0.05) is 23.2 Å². The third-order valence-corrected chi connectivity index (χ3v) is 5.25. The number of anilines is 2. The van der Waals surface area contributed by atoms with Crippen LogP contribution in [0.25, 0.3) is 17.0 Å². The number of amides is 2. The summed E-state index contributed by atoms with van der Waals surface area (Å²) in [6.45, 7) is 1.61. The molecule has 0 atom stereocenters. The molecule has 4 N–H and O–H groups in total. The second-order valence-corrected chi connectivity index (χ2v) is 7.75. The summed E-state index contributed by atoms with van der Waals surface area (Å²) < 4.78 is 0. The predicted octanol–water partition coefficient (Wildman–Crippen LogP) is 4.07. The lowest BCUT2D eigenvalue weighted by molar-refractivity contribution is -0.115. The highest BCUT2D eigenvalue weighted by Crippen LogP contribution is 2.34. The highest BCUT2D eigenvalue weighted by molar-refractivity contribution is 6.39. The molecule has 4 rings (SSSR count). The molecular weight excluding hydrogens is 443 g/mol. The minimum Gasteiger partial charge on any atom is -0.477 e. The standard InChI is InChI=1S/C21H16Cl2N4O4/c1-10(28)25-13-2-4-14(5-3-13)27-20(29)11(9-24-27)6-15-18-16(23)7-12(22)8-17(18)26-19(15)21(30)31/h2-8,24,26H,9H2,1H3,(H,25,28)(H,30,31). The lowest BCUT2D eigenvalue weighted by atomic mass is 10.1. The smallest absolute Gasteiger partial charge is 0.352 e. The predicted molar refractivity (Wildman–Crippen MR) is 119 cm³/mol. The fourth-order valence-corrected chi connectivity index (χ4v) is 4.03. The number of benzene rings is 2. The number of nitrogens with zero attached hydrogens (tertiary/aromatic N) is 1. The Morgan fingerprint density at radius 2 is 1.90 bits per heavy atom. The first-order chi connectivity index (χ1) is 14.7. The lowest BCUT2D eigenvalue weighted by Crippen LogP contribution is -2.34. The Morgan fingerprint density at radius 3 is 2.55 bits per heavy atom. The molecule has 1 aliphatic rings. The molecule has 1 aromatic heterocycles. The number of halogens is 2. The van der Waals surface area contributed by atoms with E-state index in [2.05, 4.69) is 15.7 Å². The molecule has 158 valence electrons. The number of carbonyl (C=O) groups excluding carboxylic acids is 2. The molecule has 8 nitrogen and oxygen atoms in total. The van der Waals surface area contributed by atoms with Gasteiger partial charge in [0.15, 0.2) is 0 Å². The number of carboxylic acids is 1. The van der Waals surface area contributed by atoms with Gasteiger partial charge in [0, 0.05) is 46.2 Å². The molecule has 0 radical (unpaired) electrons. The van der Waals surface area contributed by atoms with Gasteiger partial charge < -0.3 is 15.4 Å². The number of nitrogens with one attached hydrogen (secondary N) is 3. The number of hydrogen-bond donors (Lipinski definition) is 4. The van der Waals surface area contributed by atoms with Gasteiger partial charge in [0.1, 0.15) is 5.69 Å². The van der Waals surface area contributed by atoms with Crippen LogP contribution in [0.1, 0.15) is 23.0 Å². The van der Waals surface area contributed by atoms with E-state index in [0.717, 1.165) is 0 Å². The summed E-state index contributed by atoms with van der Waals surface area (Å²) >= 11 is 12.3. The topological polar surface area (TPSA) is 115 Å². The number of aromatic carboxylic acids is 1. The number of H-pyrrole nitrogens is 1. The maximum absolute atomic E-state index is 13.0. The van der Waals surface area contributed by atoms with Crippen molar-refractivity contribution in [3.63, 3.8) is 0 Å². The Bertz CT molecular complexity index is 1260. The van der Waals surface area contributed by atoms with Gasteiger partial charge in [0.05, 0.1) is 10.7 Å². The van der Waals surface area contributed by atoms with E-state index < -0.39 is 5.97 Å². The van der Waals surface area contributed by atoms with E-state index >= 15 is 0 Å². The first kappa shape index (κ1) is 20.9. The van der Waals surface area contributed by atoms with E-state index in [4.69, 9.17) is 23.2 Å². The van der Waals surface area contributed by atoms with Gasteiger partial charge in [-0.25, -0.2) is 15.2 Å². The number of carboxylic acid groups (broad SMARTS) is 1. The molecule has 0 bridgehead atoms. The monoisotopic (exact) mass is 458 g/mol. The molecule has 10 heteroatoms. The van der Waals surface area contributed by atoms with Gasteiger partial charge in [-0.2, -0.15) is 0 Å². The van der Waals surface area contributed by atoms with E-state index in [9.17, 15) is 19.5 Å². The van der Waals surface area contributed by atoms with E-state index in [1.54, 1.807) is 30.3 Å². The van der Waals surface area contributed by atoms with Gasteiger partial charge in [0.2, 0.25) is 5.91 Å². The number of fused-ring (bicyclic) bond motifs is 1. The van der Waals surface area contributed by atoms with Gasteiger partial charge >= 0.3 is 5.97 Å². The second-order valence-electron chi connectivity index (χ2n) is 6.90. The Kier molecular flexibility index (Phi) is 5.45. The molecular formula is C21H16Cl2N4O4. The summed E-state index contributed by atoms with van der Waals surface area (Å²) in [6, 6.07) is 9.83. The largest absolute Gasteiger partial charge is 0.477 e. The maximum atomic E-state index is 13.0. The van der Waals surface area contributed by atoms with Crippen LogP contribution in [0.15, 0.2) is 42.0 Å². The second kappa shape index (κ2) is 8.07. The molecule has 31 heavy (non-hydrogen) atoms. The van der Waals surface area contributed by atoms with Crippen molar-refractivity contribution in [3.8, 4) is 0 Å². The van der Waals surface area contributed by atoms with Crippen molar-refractivity contribution in [2.75, 3.05) is 16.9 Å². The molecule has 0 unspecified atom stereocenters. The molecule has 3 aromatic rings. The molecule has 1 fully saturated rings. The summed E-state index contributed by atoms with van der Waals surface area (Å²) in [7, 11) is 0. The SMILES string of the molecule is CC(=O)Nc1ccc(N2NCC(=Cc3c(C(=O)O)[nH]c4cc(Cl)cc(Cl)c34)C2=O)cc1. The Hall–Kier alpha value is -3.33. The Morgan fingerprint density at radius 1 is 1.19 bits per heavy atom. The molecule has 0 saturated carbocycles. The maximum Gasteiger partial charge on any atom is 0.352 e. The number of rotatable bonds is 4. The van der Waals surface area contributed by atoms with Crippen LogP contribution in [-0.4, -0.2) is 34.4 Å². The number of hydrogen-bond acceptors (Lipinski definition) is 4. The summed E-state index contributed by atoms with van der Waals surface area (Å²) in [6.07, 6.45) is 1.52. The molecule has 2 aromatic carbocycles. The number of aromatic amines is 1. The van der Waals surface area contributed by atoms with Gasteiger partial charge in [-0.05, 0) is 42.5 Å². The zero-order valence-electron chi connectivity index (χ0n) is 16.1. The summed E-state index contributed by atoms with van der Waals surface area (Å²) in [5.74, 6) is -1.71. The zero-order valence-corrected chi connectivity index (χ0v) is 17.6. The number of aromatic nitrogens is 1. The van der Waals surface area contributed by atoms with Crippen LogP contribution in [0.4, 0.5) is 11.4 Å². The van der Waals surface area contributed by atoms with Crippen molar-refractivity contribution in [2.24, 2.45) is 0 Å². The van der Waals surface area contributed by atoms with E-state index in [0.29, 0.717) is 38.4 Å². The van der Waals surface area contributed by atoms with E-state index in [-0.39, 0.29) is 29.1 Å². The van der Waals surface area contributed by atoms with Crippen molar-refractivity contribution in [1.82, 2.24) is 10.4 Å². The van der Waals surface area contributed by atoms with E-state index in [1.165, 1.54) is 24.1 Å². The third-order valence-electron chi connectivity index (χ3n) is 4.74. The van der Waals surface area contributed by atoms with Gasteiger partial charge in [-0.3, -0.25) is 9.59 Å². The molecule has 2 amide bonds. The molecule has 1 saturated heterocycles. The number of hydrazine groups is 1. The van der Waals surface area contributed by atoms with Crippen LogP contribution in [0.2, 0.25) is 10.0 Å². The van der Waals surface area contributed by atoms with Crippen molar-refractivity contribution < 1.29 is 19.5 Å². The van der Waals surface area contributed by atoms with Crippen LogP contribution in [-0.2, 0) is 9.59 Å². The minimum absolute atomic E-state index is 0.0856. The van der Waals surface area contributed by atoms with E-state index in [1.807, 2.05) is 0 Å². The normalized spacial score (nSPS) is 15.1. The molecule has 2 heterocycles. The van der Waals surface area contributed by atoms with Gasteiger partial charge in [-0.15, -0.1) is 0 Å². The van der Waals surface area contributed by atoms with Crippen molar-refractivity contribution >= 4 is 69.3 Å². The molecule has 1 aliphatic heterocycles. The highest BCUT2D eigenvalue weighted by Gasteiger charge is 2.28. The van der Waals surface area contributed by atoms with Crippen molar-refractivity contribution in [2.45, 2.75) is 6.92 Å². The minimum atomic E-state index is -1.18. The van der Waals surface area contributed by atoms with Crippen LogP contribution < -0.4 is 15.8 Å². The van der Waals surface area contributed by atoms with Crippen molar-refractivity contribution in [3.05, 3.63) is 63.3 Å². The Labute approximate surface area is 186 Å². The summed E-state index contributed by atoms with van der Waals surface area (Å²) in [4.78, 5) is 38.7. The van der Waals surface area contributed by atoms with Gasteiger partial charge in [0.25, 0.3) is 5.91 Å². The average Bonchev–Trinajstić information content (AvgIpc) is 3.23. The fourth-order valence-electron chi connectivity index (χ4n) is 3.43. The number of carbonyl (C=O) groups is 3.